The molecule has 3 rings (SSSR count). The predicted molar refractivity (Wildman–Crippen MR) is 66.9 cm³/mol. The van der Waals surface area contributed by atoms with Crippen molar-refractivity contribution in [2.45, 2.75) is 12.8 Å². The molecular weight excluding hydrogens is 232 g/mol. The Kier molecular flexibility index (Phi) is 2.59. The zero-order chi connectivity index (χ0) is 12.5. The summed E-state index contributed by atoms with van der Waals surface area (Å²) in [6.45, 7) is 0.648. The van der Waals surface area contributed by atoms with Gasteiger partial charge in [0.1, 0.15) is 5.58 Å². The van der Waals surface area contributed by atoms with Crippen LogP contribution in [0.2, 0.25) is 0 Å². The largest absolute Gasteiger partial charge is 0.488 e. The molecule has 94 valence electrons. The Balaban J connectivity index is 2.04. The van der Waals surface area contributed by atoms with E-state index in [4.69, 9.17) is 20.1 Å². The molecule has 0 saturated heterocycles. The van der Waals surface area contributed by atoms with Crippen molar-refractivity contribution in [1.29, 1.82) is 0 Å². The molecule has 1 aliphatic rings. The number of nitrogens with zero attached hydrogens (tertiary/aromatic N) is 1. The second kappa shape index (κ2) is 4.25. The SMILES string of the molecule is N/C(=N/O)c1oc2ccccc2c1OCC1CC1. The van der Waals surface area contributed by atoms with E-state index in [0.29, 0.717) is 29.6 Å². The van der Waals surface area contributed by atoms with E-state index in [0.717, 1.165) is 5.39 Å². The van der Waals surface area contributed by atoms with Gasteiger partial charge in [-0.2, -0.15) is 0 Å². The average molecular weight is 246 g/mol. The number of hydrogen-bond donors (Lipinski definition) is 2. The number of fused-ring (bicyclic) bond motifs is 1. The summed E-state index contributed by atoms with van der Waals surface area (Å²) in [6.07, 6.45) is 2.41. The Morgan fingerprint density at radius 3 is 2.94 bits per heavy atom. The summed E-state index contributed by atoms with van der Waals surface area (Å²) in [4.78, 5) is 0. The first-order valence-corrected chi connectivity index (χ1v) is 5.92. The van der Waals surface area contributed by atoms with E-state index >= 15 is 0 Å². The van der Waals surface area contributed by atoms with Crippen molar-refractivity contribution in [2.75, 3.05) is 6.61 Å². The number of oxime groups is 1. The van der Waals surface area contributed by atoms with E-state index in [9.17, 15) is 0 Å². The standard InChI is InChI=1S/C13H14N2O3/c14-13(15-16)12-11(17-7-8-5-6-8)9-3-1-2-4-10(9)18-12/h1-4,8,16H,5-7H2,(H2,14,15). The Morgan fingerprint density at radius 2 is 2.22 bits per heavy atom. The van der Waals surface area contributed by atoms with Gasteiger partial charge in [0.2, 0.25) is 11.6 Å². The number of hydrogen-bond acceptors (Lipinski definition) is 4. The molecule has 0 amide bonds. The molecule has 1 saturated carbocycles. The van der Waals surface area contributed by atoms with E-state index in [1.165, 1.54) is 12.8 Å². The van der Waals surface area contributed by atoms with Crippen molar-refractivity contribution in [3.8, 4) is 5.75 Å². The predicted octanol–water partition coefficient (Wildman–Crippen LogP) is 2.32. The van der Waals surface area contributed by atoms with Gasteiger partial charge in [-0.25, -0.2) is 0 Å². The molecule has 0 atom stereocenters. The van der Waals surface area contributed by atoms with Crippen LogP contribution in [0.15, 0.2) is 33.8 Å². The van der Waals surface area contributed by atoms with Crippen molar-refractivity contribution >= 4 is 16.8 Å². The summed E-state index contributed by atoms with van der Waals surface area (Å²) in [5.74, 6) is 1.41. The molecule has 0 bridgehead atoms. The van der Waals surface area contributed by atoms with Gasteiger partial charge < -0.3 is 20.1 Å². The Hall–Kier alpha value is -2.17. The maximum absolute atomic E-state index is 8.77. The lowest BCUT2D eigenvalue weighted by Gasteiger charge is -2.04. The first kappa shape index (κ1) is 11.0. The van der Waals surface area contributed by atoms with Crippen molar-refractivity contribution < 1.29 is 14.4 Å². The molecule has 5 heteroatoms. The average Bonchev–Trinajstić information content (AvgIpc) is 3.16. The van der Waals surface area contributed by atoms with Gasteiger partial charge in [0.15, 0.2) is 5.75 Å². The maximum Gasteiger partial charge on any atom is 0.215 e. The fraction of sp³-hybridized carbons (Fsp3) is 0.308. The lowest BCUT2D eigenvalue weighted by molar-refractivity contribution is 0.295. The fourth-order valence-electron chi connectivity index (χ4n) is 1.86. The number of amidine groups is 1. The number of rotatable bonds is 4. The molecule has 1 fully saturated rings. The van der Waals surface area contributed by atoms with Crippen LogP contribution in [0.3, 0.4) is 0 Å². The van der Waals surface area contributed by atoms with Crippen molar-refractivity contribution in [1.82, 2.24) is 0 Å². The number of furan rings is 1. The quantitative estimate of drug-likeness (QED) is 0.375. The molecule has 1 aromatic heterocycles. The van der Waals surface area contributed by atoms with Crippen LogP contribution in [0, 0.1) is 5.92 Å². The normalized spacial score (nSPS) is 16.1. The Morgan fingerprint density at radius 1 is 1.44 bits per heavy atom. The Bertz CT molecular complexity index is 599. The first-order valence-electron chi connectivity index (χ1n) is 5.92. The van der Waals surface area contributed by atoms with Crippen LogP contribution < -0.4 is 10.5 Å². The second-order valence-electron chi connectivity index (χ2n) is 4.50. The van der Waals surface area contributed by atoms with Crippen molar-refractivity contribution in [2.24, 2.45) is 16.8 Å². The summed E-state index contributed by atoms with van der Waals surface area (Å²) in [7, 11) is 0. The van der Waals surface area contributed by atoms with Crippen LogP contribution in [0.25, 0.3) is 11.0 Å². The minimum absolute atomic E-state index is 0.0722. The molecule has 1 aliphatic carbocycles. The van der Waals surface area contributed by atoms with Gasteiger partial charge in [0.05, 0.1) is 12.0 Å². The van der Waals surface area contributed by atoms with Crippen molar-refractivity contribution in [3.05, 3.63) is 30.0 Å². The minimum atomic E-state index is -0.0722. The van der Waals surface area contributed by atoms with Crippen LogP contribution in [0.4, 0.5) is 0 Å². The highest BCUT2D eigenvalue weighted by atomic mass is 16.5. The molecule has 18 heavy (non-hydrogen) atoms. The molecule has 0 radical (unpaired) electrons. The molecule has 1 aromatic carbocycles. The summed E-state index contributed by atoms with van der Waals surface area (Å²) in [5.41, 5.74) is 6.28. The van der Waals surface area contributed by atoms with Crippen LogP contribution >= 0.6 is 0 Å². The molecule has 0 aliphatic heterocycles. The summed E-state index contributed by atoms with van der Waals surface area (Å²) >= 11 is 0. The number of benzene rings is 1. The molecule has 2 aromatic rings. The molecule has 0 spiro atoms. The first-order chi connectivity index (χ1) is 8.79. The summed E-state index contributed by atoms with van der Waals surface area (Å²) < 4.78 is 11.3. The Labute approximate surface area is 104 Å². The van der Waals surface area contributed by atoms with Crippen LogP contribution in [0.1, 0.15) is 18.6 Å². The summed E-state index contributed by atoms with van der Waals surface area (Å²) in [5, 5.41) is 12.6. The van der Waals surface area contributed by atoms with E-state index < -0.39 is 0 Å². The van der Waals surface area contributed by atoms with E-state index in [2.05, 4.69) is 5.16 Å². The van der Waals surface area contributed by atoms with Gasteiger partial charge in [0.25, 0.3) is 0 Å². The molecule has 5 nitrogen and oxygen atoms in total. The van der Waals surface area contributed by atoms with Gasteiger partial charge in [-0.1, -0.05) is 17.3 Å². The third-order valence-electron chi connectivity index (χ3n) is 3.05. The topological polar surface area (TPSA) is 81.0 Å². The second-order valence-corrected chi connectivity index (χ2v) is 4.50. The monoisotopic (exact) mass is 246 g/mol. The molecule has 0 unspecified atom stereocenters. The highest BCUT2D eigenvalue weighted by Gasteiger charge is 2.25. The number of para-hydroxylation sites is 1. The van der Waals surface area contributed by atoms with Gasteiger partial charge in [0, 0.05) is 0 Å². The zero-order valence-corrected chi connectivity index (χ0v) is 9.80. The van der Waals surface area contributed by atoms with Gasteiger partial charge in [-0.05, 0) is 30.9 Å². The van der Waals surface area contributed by atoms with E-state index in [1.54, 1.807) is 0 Å². The maximum atomic E-state index is 8.77. The third kappa shape index (κ3) is 1.88. The highest BCUT2D eigenvalue weighted by molar-refractivity contribution is 6.03. The van der Waals surface area contributed by atoms with E-state index in [1.807, 2.05) is 24.3 Å². The third-order valence-corrected chi connectivity index (χ3v) is 3.05. The van der Waals surface area contributed by atoms with E-state index in [-0.39, 0.29) is 5.84 Å². The molecule has 3 N–H and O–H groups in total. The lowest BCUT2D eigenvalue weighted by atomic mass is 10.2. The summed E-state index contributed by atoms with van der Waals surface area (Å²) in [6, 6.07) is 7.49. The smallest absolute Gasteiger partial charge is 0.215 e. The lowest BCUT2D eigenvalue weighted by Crippen LogP contribution is -2.14. The molecular formula is C13H14N2O3. The highest BCUT2D eigenvalue weighted by Crippen LogP contribution is 2.35. The van der Waals surface area contributed by atoms with Crippen LogP contribution in [-0.4, -0.2) is 17.6 Å². The zero-order valence-electron chi connectivity index (χ0n) is 9.80. The molecule has 1 heterocycles. The van der Waals surface area contributed by atoms with Gasteiger partial charge >= 0.3 is 0 Å². The number of nitrogens with two attached hydrogens (primary N) is 1. The fourth-order valence-corrected chi connectivity index (χ4v) is 1.86. The van der Waals surface area contributed by atoms with Crippen LogP contribution in [0.5, 0.6) is 5.75 Å². The number of ether oxygens (including phenoxy) is 1. The minimum Gasteiger partial charge on any atom is -0.488 e. The van der Waals surface area contributed by atoms with Gasteiger partial charge in [-0.15, -0.1) is 0 Å². The van der Waals surface area contributed by atoms with Gasteiger partial charge in [-0.3, -0.25) is 0 Å². The van der Waals surface area contributed by atoms with Crippen LogP contribution in [-0.2, 0) is 0 Å². The van der Waals surface area contributed by atoms with Crippen molar-refractivity contribution in [3.63, 3.8) is 0 Å².